The molecular formula is C13H24O. The van der Waals surface area contributed by atoms with Crippen LogP contribution in [0.1, 0.15) is 47.0 Å². The van der Waals surface area contributed by atoms with Crippen molar-refractivity contribution in [1.82, 2.24) is 0 Å². The summed E-state index contributed by atoms with van der Waals surface area (Å²) in [6.07, 6.45) is 6.78. The zero-order valence-corrected chi connectivity index (χ0v) is 10.0. The van der Waals surface area contributed by atoms with Gasteiger partial charge in [0.15, 0.2) is 0 Å². The maximum absolute atomic E-state index is 9.70. The highest BCUT2D eigenvalue weighted by molar-refractivity contribution is 4.95. The van der Waals surface area contributed by atoms with Crippen LogP contribution in [-0.2, 0) is 0 Å². The Hall–Kier alpha value is -0.560. The quantitative estimate of drug-likeness (QED) is 0.642. The van der Waals surface area contributed by atoms with Gasteiger partial charge in [0.05, 0.1) is 6.10 Å². The number of aliphatic hydroxyl groups excluding tert-OH is 1. The van der Waals surface area contributed by atoms with Gasteiger partial charge in [-0.15, -0.1) is 6.58 Å². The van der Waals surface area contributed by atoms with E-state index in [0.717, 1.165) is 19.3 Å². The zero-order valence-electron chi connectivity index (χ0n) is 10.0. The number of hydrogen-bond donors (Lipinski definition) is 1. The van der Waals surface area contributed by atoms with Crippen LogP contribution in [-0.4, -0.2) is 11.2 Å². The lowest BCUT2D eigenvalue weighted by atomic mass is 9.77. The van der Waals surface area contributed by atoms with Gasteiger partial charge in [0, 0.05) is 0 Å². The Bertz CT molecular complexity index is 199. The first-order valence-corrected chi connectivity index (χ1v) is 5.34. The Balaban J connectivity index is 4.23. The van der Waals surface area contributed by atoms with Crippen molar-refractivity contribution < 1.29 is 5.11 Å². The molecule has 0 radical (unpaired) electrons. The lowest BCUT2D eigenvalue weighted by Gasteiger charge is -2.31. The molecule has 0 rings (SSSR count). The highest BCUT2D eigenvalue weighted by Crippen LogP contribution is 2.32. The van der Waals surface area contributed by atoms with E-state index in [-0.39, 0.29) is 11.5 Å². The van der Waals surface area contributed by atoms with Gasteiger partial charge >= 0.3 is 0 Å². The van der Waals surface area contributed by atoms with E-state index in [4.69, 9.17) is 0 Å². The molecule has 0 saturated heterocycles. The lowest BCUT2D eigenvalue weighted by molar-refractivity contribution is 0.0484. The largest absolute Gasteiger partial charge is 0.393 e. The predicted octanol–water partition coefficient (Wildman–Crippen LogP) is 3.70. The van der Waals surface area contributed by atoms with E-state index < -0.39 is 0 Å². The van der Waals surface area contributed by atoms with E-state index in [1.165, 1.54) is 5.57 Å². The highest BCUT2D eigenvalue weighted by Gasteiger charge is 2.27. The molecular weight excluding hydrogens is 172 g/mol. The highest BCUT2D eigenvalue weighted by atomic mass is 16.3. The van der Waals surface area contributed by atoms with Gasteiger partial charge in [-0.1, -0.05) is 24.6 Å². The van der Waals surface area contributed by atoms with Crippen molar-refractivity contribution in [2.75, 3.05) is 0 Å². The smallest absolute Gasteiger partial charge is 0.0568 e. The minimum Gasteiger partial charge on any atom is -0.393 e. The number of rotatable bonds is 6. The van der Waals surface area contributed by atoms with Crippen LogP contribution in [0.5, 0.6) is 0 Å². The first kappa shape index (κ1) is 13.4. The first-order valence-electron chi connectivity index (χ1n) is 5.34. The molecule has 2 atom stereocenters. The summed E-state index contributed by atoms with van der Waals surface area (Å²) in [6.45, 7) is 11.9. The van der Waals surface area contributed by atoms with E-state index >= 15 is 0 Å². The van der Waals surface area contributed by atoms with Crippen LogP contribution in [0, 0.1) is 5.41 Å². The van der Waals surface area contributed by atoms with Crippen LogP contribution < -0.4 is 0 Å². The summed E-state index contributed by atoms with van der Waals surface area (Å²) in [5.41, 5.74) is 1.32. The van der Waals surface area contributed by atoms with Crippen LogP contribution >= 0.6 is 0 Å². The van der Waals surface area contributed by atoms with Crippen molar-refractivity contribution in [1.29, 1.82) is 0 Å². The fourth-order valence-corrected chi connectivity index (χ4v) is 1.50. The fraction of sp³-hybridized carbons (Fsp3) is 0.692. The molecule has 0 bridgehead atoms. The molecule has 14 heavy (non-hydrogen) atoms. The average Bonchev–Trinajstić information content (AvgIpc) is 2.03. The van der Waals surface area contributed by atoms with Crippen molar-refractivity contribution in [3.63, 3.8) is 0 Å². The molecule has 1 nitrogen and oxygen atoms in total. The molecule has 1 heteroatoms. The Morgan fingerprint density at radius 2 is 2.07 bits per heavy atom. The number of hydrogen-bond acceptors (Lipinski definition) is 1. The molecule has 1 N–H and O–H groups in total. The molecule has 0 aliphatic carbocycles. The summed E-state index contributed by atoms with van der Waals surface area (Å²) < 4.78 is 0. The maximum atomic E-state index is 9.70. The number of allylic oxidation sites excluding steroid dienone is 3. The second-order valence-corrected chi connectivity index (χ2v) is 4.64. The average molecular weight is 196 g/mol. The van der Waals surface area contributed by atoms with Gasteiger partial charge in [0.1, 0.15) is 0 Å². The molecule has 0 aliphatic rings. The van der Waals surface area contributed by atoms with Gasteiger partial charge in [-0.2, -0.15) is 0 Å². The third kappa shape index (κ3) is 4.61. The van der Waals surface area contributed by atoms with E-state index in [1.807, 2.05) is 13.0 Å². The zero-order chi connectivity index (χ0) is 11.2. The first-order chi connectivity index (χ1) is 6.42. The Labute approximate surface area is 88.5 Å². The van der Waals surface area contributed by atoms with Crippen molar-refractivity contribution in [3.05, 3.63) is 24.3 Å². The summed E-state index contributed by atoms with van der Waals surface area (Å²) in [7, 11) is 0. The standard InChI is InChI=1S/C13H24O/c1-6-9-13(5,12(4)14)10-7-8-11(2)3/h6,8,12,14H,1,7,9-10H2,2-5H3. The van der Waals surface area contributed by atoms with Gasteiger partial charge in [-0.05, 0) is 45.4 Å². The van der Waals surface area contributed by atoms with E-state index in [9.17, 15) is 5.11 Å². The van der Waals surface area contributed by atoms with Gasteiger partial charge in [-0.25, -0.2) is 0 Å². The molecule has 0 aromatic rings. The van der Waals surface area contributed by atoms with Crippen LogP contribution in [0.3, 0.4) is 0 Å². The third-order valence-electron chi connectivity index (χ3n) is 2.89. The Morgan fingerprint density at radius 1 is 1.50 bits per heavy atom. The minimum absolute atomic E-state index is 0.0201. The molecule has 0 amide bonds. The minimum atomic E-state index is -0.272. The van der Waals surface area contributed by atoms with Crippen LogP contribution in [0.15, 0.2) is 24.3 Å². The van der Waals surface area contributed by atoms with Crippen molar-refractivity contribution >= 4 is 0 Å². The van der Waals surface area contributed by atoms with E-state index in [2.05, 4.69) is 33.4 Å². The molecule has 0 aromatic heterocycles. The molecule has 0 fully saturated rings. The summed E-state index contributed by atoms with van der Waals surface area (Å²) in [5.74, 6) is 0. The maximum Gasteiger partial charge on any atom is 0.0568 e. The molecule has 0 saturated carbocycles. The number of aliphatic hydroxyl groups is 1. The fourth-order valence-electron chi connectivity index (χ4n) is 1.50. The Morgan fingerprint density at radius 3 is 2.43 bits per heavy atom. The Kier molecular flexibility index (Phi) is 5.78. The van der Waals surface area contributed by atoms with Crippen molar-refractivity contribution in [2.24, 2.45) is 5.41 Å². The lowest BCUT2D eigenvalue weighted by Crippen LogP contribution is -2.29. The summed E-state index contributed by atoms with van der Waals surface area (Å²) in [5, 5.41) is 9.70. The summed E-state index contributed by atoms with van der Waals surface area (Å²) in [4.78, 5) is 0. The molecule has 82 valence electrons. The topological polar surface area (TPSA) is 20.2 Å². The molecule has 0 heterocycles. The van der Waals surface area contributed by atoms with Crippen molar-refractivity contribution in [3.8, 4) is 0 Å². The van der Waals surface area contributed by atoms with Crippen LogP contribution in [0.4, 0.5) is 0 Å². The molecule has 0 spiro atoms. The predicted molar refractivity (Wildman–Crippen MR) is 63.3 cm³/mol. The summed E-state index contributed by atoms with van der Waals surface area (Å²) >= 11 is 0. The molecule has 2 unspecified atom stereocenters. The third-order valence-corrected chi connectivity index (χ3v) is 2.89. The van der Waals surface area contributed by atoms with Gasteiger partial charge in [-0.3, -0.25) is 0 Å². The molecule has 0 aliphatic heterocycles. The van der Waals surface area contributed by atoms with E-state index in [0.29, 0.717) is 0 Å². The van der Waals surface area contributed by atoms with Crippen molar-refractivity contribution in [2.45, 2.75) is 53.1 Å². The monoisotopic (exact) mass is 196 g/mol. The van der Waals surface area contributed by atoms with E-state index in [1.54, 1.807) is 0 Å². The summed E-state index contributed by atoms with van der Waals surface area (Å²) in [6, 6.07) is 0. The van der Waals surface area contributed by atoms with Gasteiger partial charge in [0.25, 0.3) is 0 Å². The second kappa shape index (κ2) is 6.02. The SMILES string of the molecule is C=CCC(C)(CCC=C(C)C)C(C)O. The normalized spacial score (nSPS) is 16.9. The van der Waals surface area contributed by atoms with Crippen LogP contribution in [0.2, 0.25) is 0 Å². The van der Waals surface area contributed by atoms with Gasteiger partial charge < -0.3 is 5.11 Å². The van der Waals surface area contributed by atoms with Crippen LogP contribution in [0.25, 0.3) is 0 Å². The van der Waals surface area contributed by atoms with Gasteiger partial charge in [0.2, 0.25) is 0 Å². The second-order valence-electron chi connectivity index (χ2n) is 4.64. The molecule has 0 aromatic carbocycles.